The number of aliphatic carboxylic acids is 1. The van der Waals surface area contributed by atoms with Crippen molar-refractivity contribution in [3.05, 3.63) is 42.5 Å². The molecule has 2 bridgehead atoms. The Bertz CT molecular complexity index is 540. The summed E-state index contributed by atoms with van der Waals surface area (Å²) in [5, 5.41) is 12.0. The van der Waals surface area contributed by atoms with Gasteiger partial charge in [-0.25, -0.2) is 0 Å². The molecular weight excluding hydrogens is 246 g/mol. The quantitative estimate of drug-likeness (QED) is 0.802. The van der Waals surface area contributed by atoms with Gasteiger partial charge in [-0.2, -0.15) is 0 Å². The first-order valence-electron chi connectivity index (χ1n) is 6.09. The number of carboxylic acids is 1. The molecule has 5 nitrogen and oxygen atoms in total. The van der Waals surface area contributed by atoms with Gasteiger partial charge in [-0.1, -0.05) is 30.4 Å². The van der Waals surface area contributed by atoms with Gasteiger partial charge >= 0.3 is 5.97 Å². The molecule has 0 unspecified atom stereocenters. The molecule has 0 saturated carbocycles. The molecule has 1 amide bonds. The van der Waals surface area contributed by atoms with Gasteiger partial charge in [-0.3, -0.25) is 9.59 Å². The number of hydrogen-bond acceptors (Lipinski definition) is 3. The first-order valence-corrected chi connectivity index (χ1v) is 6.09. The number of ether oxygens (including phenoxy) is 1. The molecule has 0 aromatic heterocycles. The van der Waals surface area contributed by atoms with Crippen molar-refractivity contribution in [2.45, 2.75) is 12.2 Å². The van der Waals surface area contributed by atoms with Crippen molar-refractivity contribution < 1.29 is 19.4 Å². The van der Waals surface area contributed by atoms with Crippen LogP contribution in [0.15, 0.2) is 42.5 Å². The second-order valence-electron chi connectivity index (χ2n) is 4.70. The minimum Gasteiger partial charge on any atom is -0.481 e. The van der Waals surface area contributed by atoms with E-state index in [9.17, 15) is 14.7 Å². The van der Waals surface area contributed by atoms with Crippen molar-refractivity contribution in [1.29, 1.82) is 0 Å². The smallest absolute Gasteiger partial charge is 0.310 e. The number of amides is 1. The van der Waals surface area contributed by atoms with E-state index in [2.05, 4.69) is 5.32 Å². The van der Waals surface area contributed by atoms with Gasteiger partial charge in [-0.15, -0.1) is 0 Å². The third-order valence-corrected chi connectivity index (χ3v) is 3.53. The molecule has 0 spiro atoms. The Hall–Kier alpha value is -2.14. The molecule has 2 aliphatic rings. The average Bonchev–Trinajstić information content (AvgIpc) is 2.99. The Morgan fingerprint density at radius 2 is 1.68 bits per heavy atom. The van der Waals surface area contributed by atoms with Crippen molar-refractivity contribution in [2.24, 2.45) is 11.8 Å². The highest BCUT2D eigenvalue weighted by Crippen LogP contribution is 2.39. The standard InChI is InChI=1S/C14H13NO4/c16-13(15-8-4-2-1-3-5-8)11-9-6-7-10(19-9)12(11)14(17)18/h1-7,9-12H,(H,15,16)(H,17,18)/t9-,10+,11-,12+/m0/s1. The number of carboxylic acid groups (broad SMARTS) is 1. The number of anilines is 1. The predicted octanol–water partition coefficient (Wildman–Crippen LogP) is 1.28. The average molecular weight is 259 g/mol. The van der Waals surface area contributed by atoms with E-state index in [1.165, 1.54) is 0 Å². The molecule has 0 radical (unpaired) electrons. The molecule has 2 N–H and O–H groups in total. The number of carbonyl (C=O) groups is 2. The van der Waals surface area contributed by atoms with Crippen LogP contribution in [0.1, 0.15) is 0 Å². The van der Waals surface area contributed by atoms with E-state index in [4.69, 9.17) is 4.74 Å². The maximum Gasteiger partial charge on any atom is 0.310 e. The lowest BCUT2D eigenvalue weighted by molar-refractivity contribution is -0.145. The van der Waals surface area contributed by atoms with Gasteiger partial charge in [0.25, 0.3) is 0 Å². The Morgan fingerprint density at radius 1 is 1.05 bits per heavy atom. The van der Waals surface area contributed by atoms with E-state index in [1.807, 2.05) is 18.2 Å². The van der Waals surface area contributed by atoms with Crippen molar-refractivity contribution in [3.63, 3.8) is 0 Å². The van der Waals surface area contributed by atoms with Crippen LogP contribution in [0.5, 0.6) is 0 Å². The summed E-state index contributed by atoms with van der Waals surface area (Å²) in [6, 6.07) is 8.98. The summed E-state index contributed by atoms with van der Waals surface area (Å²) in [6.07, 6.45) is 2.55. The summed E-state index contributed by atoms with van der Waals surface area (Å²) in [5.74, 6) is -2.79. The summed E-state index contributed by atoms with van der Waals surface area (Å²) < 4.78 is 5.46. The van der Waals surface area contributed by atoms with E-state index in [-0.39, 0.29) is 5.91 Å². The molecule has 5 heteroatoms. The highest BCUT2D eigenvalue weighted by Gasteiger charge is 2.53. The lowest BCUT2D eigenvalue weighted by atomic mass is 9.82. The third kappa shape index (κ3) is 2.02. The molecule has 98 valence electrons. The number of hydrogen-bond donors (Lipinski definition) is 2. The SMILES string of the molecule is O=C(Nc1ccccc1)[C@@H]1[C@H](C(=O)O)[C@H]2C=C[C@@H]1O2. The van der Waals surface area contributed by atoms with Crippen LogP contribution in [0, 0.1) is 11.8 Å². The molecule has 2 aliphatic heterocycles. The lowest BCUT2D eigenvalue weighted by Gasteiger charge is -2.20. The zero-order valence-electron chi connectivity index (χ0n) is 10.0. The minimum absolute atomic E-state index is 0.310. The van der Waals surface area contributed by atoms with Gasteiger partial charge in [0, 0.05) is 5.69 Å². The third-order valence-electron chi connectivity index (χ3n) is 3.53. The second kappa shape index (κ2) is 4.51. The van der Waals surface area contributed by atoms with Crippen LogP contribution in [0.2, 0.25) is 0 Å². The normalized spacial score (nSPS) is 31.4. The van der Waals surface area contributed by atoms with Crippen molar-refractivity contribution in [3.8, 4) is 0 Å². The molecule has 1 aromatic carbocycles. The van der Waals surface area contributed by atoms with E-state index in [1.54, 1.807) is 24.3 Å². The fourth-order valence-corrected chi connectivity index (χ4v) is 2.66. The number of rotatable bonds is 3. The van der Waals surface area contributed by atoms with Gasteiger partial charge in [0.15, 0.2) is 0 Å². The summed E-state index contributed by atoms with van der Waals surface area (Å²) in [6.45, 7) is 0. The minimum atomic E-state index is -0.995. The molecular formula is C14H13NO4. The fourth-order valence-electron chi connectivity index (χ4n) is 2.66. The molecule has 3 rings (SSSR count). The largest absolute Gasteiger partial charge is 0.481 e. The zero-order chi connectivity index (χ0) is 13.4. The van der Waals surface area contributed by atoms with Gasteiger partial charge in [0.2, 0.25) is 5.91 Å². The number of fused-ring (bicyclic) bond motifs is 2. The maximum absolute atomic E-state index is 12.2. The first kappa shape index (κ1) is 11.9. The molecule has 2 heterocycles. The van der Waals surface area contributed by atoms with E-state index in [0.717, 1.165) is 0 Å². The van der Waals surface area contributed by atoms with Gasteiger partial charge in [-0.05, 0) is 12.1 Å². The monoisotopic (exact) mass is 259 g/mol. The van der Waals surface area contributed by atoms with E-state index < -0.39 is 30.0 Å². The van der Waals surface area contributed by atoms with E-state index >= 15 is 0 Å². The van der Waals surface area contributed by atoms with Crippen LogP contribution in [0.4, 0.5) is 5.69 Å². The van der Waals surface area contributed by atoms with Gasteiger partial charge in [0.1, 0.15) is 5.92 Å². The molecule has 1 fully saturated rings. The summed E-state index contributed by atoms with van der Waals surface area (Å²) >= 11 is 0. The summed E-state index contributed by atoms with van der Waals surface area (Å²) in [7, 11) is 0. The predicted molar refractivity (Wildman–Crippen MR) is 67.5 cm³/mol. The number of benzene rings is 1. The molecule has 19 heavy (non-hydrogen) atoms. The first-order chi connectivity index (χ1) is 9.16. The van der Waals surface area contributed by atoms with Crippen LogP contribution in [0.3, 0.4) is 0 Å². The highest BCUT2D eigenvalue weighted by atomic mass is 16.5. The summed E-state index contributed by atoms with van der Waals surface area (Å²) in [4.78, 5) is 23.5. The Labute approximate surface area is 109 Å². The van der Waals surface area contributed by atoms with Crippen molar-refractivity contribution in [2.75, 3.05) is 5.32 Å². The van der Waals surface area contributed by atoms with Crippen LogP contribution in [0.25, 0.3) is 0 Å². The van der Waals surface area contributed by atoms with E-state index in [0.29, 0.717) is 5.69 Å². The van der Waals surface area contributed by atoms with Crippen LogP contribution >= 0.6 is 0 Å². The Kier molecular flexibility index (Phi) is 2.83. The molecule has 1 aromatic rings. The topological polar surface area (TPSA) is 75.6 Å². The zero-order valence-corrected chi connectivity index (χ0v) is 10.0. The Morgan fingerprint density at radius 3 is 2.32 bits per heavy atom. The number of nitrogens with one attached hydrogen (secondary N) is 1. The molecule has 4 atom stereocenters. The number of carbonyl (C=O) groups excluding carboxylic acids is 1. The highest BCUT2D eigenvalue weighted by molar-refractivity contribution is 5.96. The number of para-hydroxylation sites is 1. The van der Waals surface area contributed by atoms with Crippen LogP contribution < -0.4 is 5.32 Å². The molecule has 1 saturated heterocycles. The lowest BCUT2D eigenvalue weighted by Crippen LogP contribution is -2.39. The maximum atomic E-state index is 12.2. The molecule has 0 aliphatic carbocycles. The Balaban J connectivity index is 1.79. The van der Waals surface area contributed by atoms with Crippen LogP contribution in [-0.4, -0.2) is 29.2 Å². The second-order valence-corrected chi connectivity index (χ2v) is 4.70. The van der Waals surface area contributed by atoms with Crippen molar-refractivity contribution >= 4 is 17.6 Å². The van der Waals surface area contributed by atoms with Crippen LogP contribution in [-0.2, 0) is 14.3 Å². The van der Waals surface area contributed by atoms with Crippen molar-refractivity contribution in [1.82, 2.24) is 0 Å². The summed E-state index contributed by atoms with van der Waals surface area (Å²) in [5.41, 5.74) is 0.656. The van der Waals surface area contributed by atoms with Gasteiger partial charge in [0.05, 0.1) is 18.1 Å². The van der Waals surface area contributed by atoms with Gasteiger partial charge < -0.3 is 15.2 Å². The fraction of sp³-hybridized carbons (Fsp3) is 0.286.